The molecule has 4 amide bonds. The van der Waals surface area contributed by atoms with Gasteiger partial charge in [-0.05, 0) is 37.6 Å². The second kappa shape index (κ2) is 5.92. The number of rotatable bonds is 5. The predicted molar refractivity (Wildman–Crippen MR) is 77.4 cm³/mol. The van der Waals surface area contributed by atoms with Gasteiger partial charge in [0.2, 0.25) is 5.91 Å². The van der Waals surface area contributed by atoms with Crippen LogP contribution in [-0.2, 0) is 15.1 Å². The van der Waals surface area contributed by atoms with E-state index in [1.165, 1.54) is 0 Å². The molecule has 2 rings (SSSR count). The first-order chi connectivity index (χ1) is 9.95. The molecule has 0 spiro atoms. The van der Waals surface area contributed by atoms with Gasteiger partial charge in [-0.2, -0.15) is 0 Å². The van der Waals surface area contributed by atoms with Gasteiger partial charge in [0, 0.05) is 12.1 Å². The molecule has 1 atom stereocenters. The minimum atomic E-state index is -1.13. The third-order valence-electron chi connectivity index (χ3n) is 3.38. The molecule has 1 aliphatic rings. The van der Waals surface area contributed by atoms with Crippen LogP contribution in [0.25, 0.3) is 0 Å². The van der Waals surface area contributed by atoms with Gasteiger partial charge in [0.05, 0.1) is 0 Å². The molecule has 5 N–H and O–H groups in total. The number of carbonyl (C=O) groups excluding carboxylic acids is 3. The van der Waals surface area contributed by atoms with Crippen LogP contribution in [0.3, 0.4) is 0 Å². The van der Waals surface area contributed by atoms with E-state index in [9.17, 15) is 14.4 Å². The maximum absolute atomic E-state index is 11.9. The zero-order valence-corrected chi connectivity index (χ0v) is 11.7. The standard InChI is InChI=1S/C14H18N4O3/c1-14(12(20)17-13(21)18-14)9-4-2-5-10(8-9)16-11(19)6-3-7-15/h2,4-5,8H,3,6-7,15H2,1H3,(H,16,19)(H2,17,18,20,21). The number of hydrogen-bond acceptors (Lipinski definition) is 4. The quantitative estimate of drug-likeness (QED) is 0.588. The van der Waals surface area contributed by atoms with E-state index in [0.717, 1.165) is 0 Å². The Balaban J connectivity index is 2.16. The van der Waals surface area contributed by atoms with Crippen molar-refractivity contribution in [2.45, 2.75) is 25.3 Å². The van der Waals surface area contributed by atoms with E-state index in [-0.39, 0.29) is 5.91 Å². The smallest absolute Gasteiger partial charge is 0.322 e. The second-order valence-corrected chi connectivity index (χ2v) is 5.05. The maximum Gasteiger partial charge on any atom is 0.322 e. The largest absolute Gasteiger partial charge is 0.330 e. The molecule has 7 heteroatoms. The summed E-state index contributed by atoms with van der Waals surface area (Å²) in [6.07, 6.45) is 0.955. The van der Waals surface area contributed by atoms with Crippen LogP contribution in [0.1, 0.15) is 25.3 Å². The third-order valence-corrected chi connectivity index (χ3v) is 3.38. The first-order valence-corrected chi connectivity index (χ1v) is 6.70. The van der Waals surface area contributed by atoms with E-state index in [1.807, 2.05) is 0 Å². The maximum atomic E-state index is 11.9. The van der Waals surface area contributed by atoms with Gasteiger partial charge in [-0.3, -0.25) is 14.9 Å². The molecular weight excluding hydrogens is 272 g/mol. The molecule has 1 saturated heterocycles. The molecule has 0 saturated carbocycles. The van der Waals surface area contributed by atoms with Gasteiger partial charge in [-0.25, -0.2) is 4.79 Å². The van der Waals surface area contributed by atoms with Gasteiger partial charge >= 0.3 is 6.03 Å². The van der Waals surface area contributed by atoms with Gasteiger partial charge in [-0.15, -0.1) is 0 Å². The fourth-order valence-electron chi connectivity index (χ4n) is 2.14. The normalized spacial score (nSPS) is 20.9. The van der Waals surface area contributed by atoms with Gasteiger partial charge in [0.15, 0.2) is 0 Å². The third kappa shape index (κ3) is 3.19. The van der Waals surface area contributed by atoms with E-state index in [4.69, 9.17) is 5.73 Å². The summed E-state index contributed by atoms with van der Waals surface area (Å²) >= 11 is 0. The summed E-state index contributed by atoms with van der Waals surface area (Å²) in [5, 5.41) is 7.53. The van der Waals surface area contributed by atoms with Crippen LogP contribution >= 0.6 is 0 Å². The topological polar surface area (TPSA) is 113 Å². The summed E-state index contributed by atoms with van der Waals surface area (Å²) in [5.41, 5.74) is 5.40. The van der Waals surface area contributed by atoms with Crippen molar-refractivity contribution >= 4 is 23.5 Å². The lowest BCUT2D eigenvalue weighted by atomic mass is 9.92. The first kappa shape index (κ1) is 15.0. The molecule has 1 unspecified atom stereocenters. The van der Waals surface area contributed by atoms with E-state index < -0.39 is 17.5 Å². The van der Waals surface area contributed by atoms with Crippen LogP contribution < -0.4 is 21.7 Å². The lowest BCUT2D eigenvalue weighted by molar-refractivity contribution is -0.123. The molecule has 0 aliphatic carbocycles. The van der Waals surface area contributed by atoms with Crippen molar-refractivity contribution in [3.05, 3.63) is 29.8 Å². The van der Waals surface area contributed by atoms with Crippen LogP contribution in [0.4, 0.5) is 10.5 Å². The Morgan fingerprint density at radius 1 is 1.38 bits per heavy atom. The highest BCUT2D eigenvalue weighted by Gasteiger charge is 2.43. The molecule has 21 heavy (non-hydrogen) atoms. The average Bonchev–Trinajstić information content (AvgIpc) is 2.71. The van der Waals surface area contributed by atoms with Crippen LogP contribution in [0.2, 0.25) is 0 Å². The summed E-state index contributed by atoms with van der Waals surface area (Å²) in [5.74, 6) is -0.554. The molecule has 0 radical (unpaired) electrons. The number of nitrogens with one attached hydrogen (secondary N) is 3. The van der Waals surface area contributed by atoms with Crippen LogP contribution in [0, 0.1) is 0 Å². The summed E-state index contributed by atoms with van der Waals surface area (Å²) in [4.78, 5) is 34.9. The van der Waals surface area contributed by atoms with Crippen molar-refractivity contribution in [2.75, 3.05) is 11.9 Å². The summed E-state index contributed by atoms with van der Waals surface area (Å²) in [7, 11) is 0. The molecule has 1 fully saturated rings. The molecular formula is C14H18N4O3. The summed E-state index contributed by atoms with van der Waals surface area (Å²) in [6.45, 7) is 2.07. The van der Waals surface area contributed by atoms with Crippen molar-refractivity contribution in [2.24, 2.45) is 5.73 Å². The minimum Gasteiger partial charge on any atom is -0.330 e. The highest BCUT2D eigenvalue weighted by molar-refractivity contribution is 6.07. The predicted octanol–water partition coefficient (Wildman–Crippen LogP) is 0.419. The zero-order chi connectivity index (χ0) is 15.5. The Morgan fingerprint density at radius 2 is 2.14 bits per heavy atom. The van der Waals surface area contributed by atoms with E-state index in [2.05, 4.69) is 16.0 Å². The van der Waals surface area contributed by atoms with E-state index in [1.54, 1.807) is 31.2 Å². The van der Waals surface area contributed by atoms with Gasteiger partial charge < -0.3 is 16.4 Å². The number of amides is 4. The fraction of sp³-hybridized carbons (Fsp3) is 0.357. The number of benzene rings is 1. The van der Waals surface area contributed by atoms with Gasteiger partial charge in [0.25, 0.3) is 5.91 Å². The fourth-order valence-corrected chi connectivity index (χ4v) is 2.14. The highest BCUT2D eigenvalue weighted by atomic mass is 16.2. The van der Waals surface area contributed by atoms with Crippen LogP contribution in [0.5, 0.6) is 0 Å². The number of nitrogens with two attached hydrogens (primary N) is 1. The van der Waals surface area contributed by atoms with E-state index >= 15 is 0 Å². The van der Waals surface area contributed by atoms with Crippen molar-refractivity contribution in [1.29, 1.82) is 0 Å². The number of hydrogen-bond donors (Lipinski definition) is 4. The van der Waals surface area contributed by atoms with Crippen molar-refractivity contribution in [3.63, 3.8) is 0 Å². The first-order valence-electron chi connectivity index (χ1n) is 6.70. The molecule has 1 heterocycles. The second-order valence-electron chi connectivity index (χ2n) is 5.05. The summed E-state index contributed by atoms with van der Waals surface area (Å²) < 4.78 is 0. The molecule has 1 aromatic rings. The minimum absolute atomic E-state index is 0.136. The number of carbonyl (C=O) groups is 3. The Kier molecular flexibility index (Phi) is 4.23. The van der Waals surface area contributed by atoms with Crippen LogP contribution in [-0.4, -0.2) is 24.4 Å². The molecule has 7 nitrogen and oxygen atoms in total. The van der Waals surface area contributed by atoms with E-state index in [0.29, 0.717) is 30.6 Å². The van der Waals surface area contributed by atoms with Gasteiger partial charge in [-0.1, -0.05) is 12.1 Å². The van der Waals surface area contributed by atoms with Gasteiger partial charge in [0.1, 0.15) is 5.54 Å². The molecule has 112 valence electrons. The number of urea groups is 1. The molecule has 1 aliphatic heterocycles. The number of imide groups is 1. The number of anilines is 1. The lowest BCUT2D eigenvalue weighted by Crippen LogP contribution is -2.40. The molecule has 0 bridgehead atoms. The molecule has 0 aromatic heterocycles. The highest BCUT2D eigenvalue weighted by Crippen LogP contribution is 2.26. The van der Waals surface area contributed by atoms with Crippen molar-refractivity contribution in [3.8, 4) is 0 Å². The summed E-state index contributed by atoms with van der Waals surface area (Å²) in [6, 6.07) is 6.31. The zero-order valence-electron chi connectivity index (χ0n) is 11.7. The Morgan fingerprint density at radius 3 is 2.76 bits per heavy atom. The monoisotopic (exact) mass is 290 g/mol. The molecule has 1 aromatic carbocycles. The average molecular weight is 290 g/mol. The Hall–Kier alpha value is -2.41. The SMILES string of the molecule is CC1(c2cccc(NC(=O)CCCN)c2)NC(=O)NC1=O. The van der Waals surface area contributed by atoms with Crippen LogP contribution in [0.15, 0.2) is 24.3 Å². The Labute approximate surface area is 122 Å². The Bertz CT molecular complexity index is 587. The van der Waals surface area contributed by atoms with Crippen molar-refractivity contribution < 1.29 is 14.4 Å². The van der Waals surface area contributed by atoms with Crippen molar-refractivity contribution in [1.82, 2.24) is 10.6 Å². The lowest BCUT2D eigenvalue weighted by Gasteiger charge is -2.21.